The number of anilines is 1. The van der Waals surface area contributed by atoms with Crippen molar-refractivity contribution in [1.29, 1.82) is 0 Å². The van der Waals surface area contributed by atoms with Gasteiger partial charge in [0.25, 0.3) is 11.8 Å². The number of rotatable bonds is 6. The van der Waals surface area contributed by atoms with Gasteiger partial charge in [0.2, 0.25) is 0 Å². The number of aromatic nitrogens is 1. The van der Waals surface area contributed by atoms with Gasteiger partial charge in [0.05, 0.1) is 12.3 Å². The first-order chi connectivity index (χ1) is 15.2. The molecule has 2 aromatic carbocycles. The molecule has 1 saturated carbocycles. The van der Waals surface area contributed by atoms with Crippen LogP contribution in [0.15, 0.2) is 54.7 Å². The molecular weight excluding hydrogens is 390 g/mol. The smallest absolute Gasteiger partial charge is 0.272 e. The highest BCUT2D eigenvalue weighted by Crippen LogP contribution is 2.25. The molecule has 1 aliphatic rings. The van der Waals surface area contributed by atoms with Crippen LogP contribution in [0.3, 0.4) is 0 Å². The Morgan fingerprint density at radius 3 is 2.48 bits per heavy atom. The molecule has 1 aliphatic carbocycles. The molecular formula is C25H27N3O3. The number of carbonyl (C=O) groups is 2. The van der Waals surface area contributed by atoms with Gasteiger partial charge < -0.3 is 15.7 Å². The van der Waals surface area contributed by atoms with E-state index < -0.39 is 0 Å². The van der Waals surface area contributed by atoms with Crippen LogP contribution >= 0.6 is 0 Å². The number of hydrogen-bond donors (Lipinski definition) is 3. The fraction of sp³-hybridized carbons (Fsp3) is 0.320. The largest absolute Gasteiger partial charge is 0.392 e. The highest BCUT2D eigenvalue weighted by Gasteiger charge is 2.19. The van der Waals surface area contributed by atoms with Crippen LogP contribution < -0.4 is 10.6 Å². The number of carbonyl (C=O) groups excluding carboxylic acids is 2. The number of aliphatic hydroxyl groups excluding tert-OH is 1. The fourth-order valence-electron chi connectivity index (χ4n) is 4.29. The van der Waals surface area contributed by atoms with E-state index in [-0.39, 0.29) is 24.1 Å². The van der Waals surface area contributed by atoms with Crippen molar-refractivity contribution < 1.29 is 14.7 Å². The molecule has 6 heteroatoms. The molecule has 6 nitrogen and oxygen atoms in total. The minimum atomic E-state index is -0.324. The predicted molar refractivity (Wildman–Crippen MR) is 121 cm³/mol. The van der Waals surface area contributed by atoms with Gasteiger partial charge in [0.1, 0.15) is 0 Å². The Morgan fingerprint density at radius 2 is 1.71 bits per heavy atom. The summed E-state index contributed by atoms with van der Waals surface area (Å²) >= 11 is 0. The van der Waals surface area contributed by atoms with Crippen LogP contribution in [0.2, 0.25) is 0 Å². The number of pyridine rings is 1. The molecule has 0 aliphatic heterocycles. The number of nitrogens with one attached hydrogen (secondary N) is 2. The Hall–Kier alpha value is -3.25. The van der Waals surface area contributed by atoms with E-state index in [2.05, 4.69) is 15.6 Å². The third-order valence-electron chi connectivity index (χ3n) is 5.98. The van der Waals surface area contributed by atoms with E-state index >= 15 is 0 Å². The van der Waals surface area contributed by atoms with Crippen molar-refractivity contribution in [1.82, 2.24) is 10.3 Å². The Bertz CT molecular complexity index is 1090. The summed E-state index contributed by atoms with van der Waals surface area (Å²) in [5, 5.41) is 17.0. The van der Waals surface area contributed by atoms with Gasteiger partial charge in [-0.05, 0) is 53.3 Å². The molecule has 0 unspecified atom stereocenters. The Morgan fingerprint density at radius 1 is 0.935 bits per heavy atom. The van der Waals surface area contributed by atoms with Crippen molar-refractivity contribution in [2.45, 2.75) is 38.7 Å². The van der Waals surface area contributed by atoms with Crippen LogP contribution in [-0.4, -0.2) is 28.4 Å². The van der Waals surface area contributed by atoms with E-state index in [1.807, 2.05) is 24.3 Å². The minimum absolute atomic E-state index is 0.101. The van der Waals surface area contributed by atoms with Crippen LogP contribution in [0.5, 0.6) is 0 Å². The summed E-state index contributed by atoms with van der Waals surface area (Å²) in [5.41, 5.74) is 1.83. The average molecular weight is 418 g/mol. The maximum Gasteiger partial charge on any atom is 0.272 e. The summed E-state index contributed by atoms with van der Waals surface area (Å²) in [4.78, 5) is 30.1. The maximum absolute atomic E-state index is 13.1. The lowest BCUT2D eigenvalue weighted by Crippen LogP contribution is -2.31. The minimum Gasteiger partial charge on any atom is -0.392 e. The third kappa shape index (κ3) is 4.75. The second-order valence-electron chi connectivity index (χ2n) is 8.04. The third-order valence-corrected chi connectivity index (χ3v) is 5.98. The number of amides is 2. The fourth-order valence-corrected chi connectivity index (χ4v) is 4.29. The van der Waals surface area contributed by atoms with E-state index in [1.165, 1.54) is 19.3 Å². The van der Waals surface area contributed by atoms with E-state index in [1.54, 1.807) is 30.5 Å². The second-order valence-corrected chi connectivity index (χ2v) is 8.04. The van der Waals surface area contributed by atoms with Crippen LogP contribution in [-0.2, 0) is 6.61 Å². The number of fused-ring (bicyclic) bond motifs is 1. The molecule has 1 aromatic heterocycles. The molecule has 1 fully saturated rings. The number of hydrogen-bond acceptors (Lipinski definition) is 4. The molecule has 31 heavy (non-hydrogen) atoms. The molecule has 3 aromatic rings. The lowest BCUT2D eigenvalue weighted by atomic mass is 9.89. The first kappa shape index (κ1) is 21.0. The SMILES string of the molecule is O=C(NCC1CCCCC1)c1ncccc1NC(=O)c1ccc(CO)c2ccccc12. The quantitative estimate of drug-likeness (QED) is 0.558. The standard InChI is InChI=1S/C25H27N3O3/c29-16-18-12-13-21(20-10-5-4-9-19(18)20)24(30)28-22-11-6-14-26-23(22)25(31)27-15-17-7-2-1-3-8-17/h4-6,9-14,17,29H,1-3,7-8,15-16H2,(H,27,31)(H,28,30). The summed E-state index contributed by atoms with van der Waals surface area (Å²) in [5.74, 6) is -0.0900. The summed E-state index contributed by atoms with van der Waals surface area (Å²) in [6.07, 6.45) is 7.54. The van der Waals surface area contributed by atoms with Gasteiger partial charge in [0.15, 0.2) is 5.69 Å². The van der Waals surface area contributed by atoms with E-state index in [0.717, 1.165) is 29.2 Å². The topological polar surface area (TPSA) is 91.3 Å². The highest BCUT2D eigenvalue weighted by molar-refractivity contribution is 6.15. The van der Waals surface area contributed by atoms with Crippen LogP contribution in [0.1, 0.15) is 58.5 Å². The molecule has 0 spiro atoms. The van der Waals surface area contributed by atoms with Crippen molar-refractivity contribution in [3.8, 4) is 0 Å². The number of aliphatic hydroxyl groups is 1. The molecule has 2 amide bonds. The summed E-state index contributed by atoms with van der Waals surface area (Å²) < 4.78 is 0. The van der Waals surface area contributed by atoms with Crippen LogP contribution in [0.25, 0.3) is 10.8 Å². The van der Waals surface area contributed by atoms with Crippen molar-refractivity contribution in [2.24, 2.45) is 5.92 Å². The monoisotopic (exact) mass is 417 g/mol. The van der Waals surface area contributed by atoms with Gasteiger partial charge in [-0.1, -0.05) is 49.6 Å². The van der Waals surface area contributed by atoms with Crippen molar-refractivity contribution in [3.63, 3.8) is 0 Å². The molecule has 160 valence electrons. The number of benzene rings is 2. The summed E-state index contributed by atoms with van der Waals surface area (Å²) in [6, 6.07) is 14.3. The molecule has 3 N–H and O–H groups in total. The first-order valence-corrected chi connectivity index (χ1v) is 10.8. The Labute approximate surface area is 181 Å². The lowest BCUT2D eigenvalue weighted by molar-refractivity contribution is 0.0939. The molecule has 0 radical (unpaired) electrons. The van der Waals surface area contributed by atoms with Gasteiger partial charge in [-0.25, -0.2) is 4.98 Å². The van der Waals surface area contributed by atoms with Crippen molar-refractivity contribution in [3.05, 3.63) is 71.5 Å². The normalized spacial score (nSPS) is 14.4. The van der Waals surface area contributed by atoms with Gasteiger partial charge in [-0.15, -0.1) is 0 Å². The first-order valence-electron chi connectivity index (χ1n) is 10.8. The zero-order chi connectivity index (χ0) is 21.6. The molecule has 1 heterocycles. The Balaban J connectivity index is 1.53. The van der Waals surface area contributed by atoms with Gasteiger partial charge in [-0.2, -0.15) is 0 Å². The van der Waals surface area contributed by atoms with E-state index in [0.29, 0.717) is 23.7 Å². The van der Waals surface area contributed by atoms with Crippen LogP contribution in [0, 0.1) is 5.92 Å². The Kier molecular flexibility index (Phi) is 6.57. The zero-order valence-electron chi connectivity index (χ0n) is 17.4. The lowest BCUT2D eigenvalue weighted by Gasteiger charge is -2.21. The van der Waals surface area contributed by atoms with Crippen molar-refractivity contribution in [2.75, 3.05) is 11.9 Å². The van der Waals surface area contributed by atoms with Gasteiger partial charge in [0, 0.05) is 18.3 Å². The second kappa shape index (κ2) is 9.71. The highest BCUT2D eigenvalue weighted by atomic mass is 16.3. The summed E-state index contributed by atoms with van der Waals surface area (Å²) in [6.45, 7) is 0.534. The van der Waals surface area contributed by atoms with Crippen LogP contribution in [0.4, 0.5) is 5.69 Å². The van der Waals surface area contributed by atoms with Gasteiger partial charge in [-0.3, -0.25) is 9.59 Å². The van der Waals surface area contributed by atoms with E-state index in [9.17, 15) is 14.7 Å². The van der Waals surface area contributed by atoms with Crippen molar-refractivity contribution >= 4 is 28.3 Å². The maximum atomic E-state index is 13.1. The molecule has 0 bridgehead atoms. The molecule has 0 saturated heterocycles. The number of nitrogens with zero attached hydrogens (tertiary/aromatic N) is 1. The molecule has 4 rings (SSSR count). The summed E-state index contributed by atoms with van der Waals surface area (Å²) in [7, 11) is 0. The average Bonchev–Trinajstić information content (AvgIpc) is 2.82. The molecule has 0 atom stereocenters. The van der Waals surface area contributed by atoms with Gasteiger partial charge >= 0.3 is 0 Å². The predicted octanol–water partition coefficient (Wildman–Crippen LogP) is 4.29. The van der Waals surface area contributed by atoms with E-state index in [4.69, 9.17) is 0 Å². The zero-order valence-corrected chi connectivity index (χ0v) is 17.4.